The second-order valence-electron chi connectivity index (χ2n) is 7.20. The molecule has 0 N–H and O–H groups in total. The van der Waals surface area contributed by atoms with Gasteiger partial charge in [0.05, 0.1) is 0 Å². The molecule has 3 aliphatic carbocycles. The summed E-state index contributed by atoms with van der Waals surface area (Å²) in [5, 5.41) is 0. The number of fused-ring (bicyclic) bond motifs is 5. The molecule has 3 unspecified atom stereocenters. The first-order valence-electron chi connectivity index (χ1n) is 9.86. The van der Waals surface area contributed by atoms with Crippen LogP contribution in [0.5, 0.6) is 0 Å². The summed E-state index contributed by atoms with van der Waals surface area (Å²) >= 11 is 0. The third-order valence-electron chi connectivity index (χ3n) is 6.42. The van der Waals surface area contributed by atoms with Gasteiger partial charge >= 0.3 is 0 Å². The second-order valence-corrected chi connectivity index (χ2v) is 7.20. The van der Waals surface area contributed by atoms with E-state index in [0.29, 0.717) is 5.41 Å². The molecule has 2 saturated carbocycles. The number of hydrogen-bond donors (Lipinski definition) is 0. The third kappa shape index (κ3) is 2.99. The highest BCUT2D eigenvalue weighted by Crippen LogP contribution is 2.60. The van der Waals surface area contributed by atoms with Crippen LogP contribution in [0, 0.1) is 17.3 Å². The molecule has 0 aromatic heterocycles. The molecule has 2 fully saturated rings. The van der Waals surface area contributed by atoms with E-state index in [9.17, 15) is 0 Å². The van der Waals surface area contributed by atoms with Gasteiger partial charge in [0.15, 0.2) is 0 Å². The van der Waals surface area contributed by atoms with Crippen molar-refractivity contribution in [3.63, 3.8) is 0 Å². The largest absolute Gasteiger partial charge is 0.0683 e. The van der Waals surface area contributed by atoms with Crippen LogP contribution in [0.1, 0.15) is 90.2 Å². The summed E-state index contributed by atoms with van der Waals surface area (Å²) in [6.07, 6.45) is 10.2. The Labute approximate surface area is 138 Å². The number of aryl methyl sites for hydroxylation is 1. The zero-order chi connectivity index (χ0) is 16.2. The van der Waals surface area contributed by atoms with Crippen LogP contribution in [0.25, 0.3) is 0 Å². The minimum absolute atomic E-state index is 0.702. The molecule has 1 aromatic carbocycles. The summed E-state index contributed by atoms with van der Waals surface area (Å²) in [6, 6.07) is 9.27. The Morgan fingerprint density at radius 2 is 1.64 bits per heavy atom. The highest BCUT2D eigenvalue weighted by atomic mass is 14.5. The lowest BCUT2D eigenvalue weighted by molar-refractivity contribution is 0.0598. The van der Waals surface area contributed by atoms with Crippen LogP contribution in [-0.2, 0) is 6.42 Å². The molecule has 0 nitrogen and oxygen atoms in total. The Morgan fingerprint density at radius 1 is 0.909 bits per heavy atom. The molecule has 0 heterocycles. The van der Waals surface area contributed by atoms with Crippen molar-refractivity contribution >= 4 is 0 Å². The summed E-state index contributed by atoms with van der Waals surface area (Å²) in [5.41, 5.74) is 4.07. The lowest BCUT2D eigenvalue weighted by Gasteiger charge is -2.49. The molecule has 22 heavy (non-hydrogen) atoms. The predicted molar refractivity (Wildman–Crippen MR) is 98.4 cm³/mol. The molecule has 3 aliphatic rings. The lowest BCUT2D eigenvalue weighted by Crippen LogP contribution is -2.39. The Kier molecular flexibility index (Phi) is 6.12. The topological polar surface area (TPSA) is 0 Å². The van der Waals surface area contributed by atoms with E-state index < -0.39 is 0 Å². The van der Waals surface area contributed by atoms with Gasteiger partial charge in [0.25, 0.3) is 0 Å². The van der Waals surface area contributed by atoms with Crippen LogP contribution in [0.3, 0.4) is 0 Å². The molecule has 124 valence electrons. The fraction of sp³-hybridized carbons (Fsp3) is 0.727. The van der Waals surface area contributed by atoms with Crippen LogP contribution in [0.2, 0.25) is 0 Å². The van der Waals surface area contributed by atoms with Gasteiger partial charge < -0.3 is 0 Å². The van der Waals surface area contributed by atoms with Crippen molar-refractivity contribution in [2.24, 2.45) is 17.3 Å². The highest BCUT2D eigenvalue weighted by molar-refractivity contribution is 5.34. The first-order valence-corrected chi connectivity index (χ1v) is 9.86. The van der Waals surface area contributed by atoms with Crippen molar-refractivity contribution in [3.05, 3.63) is 35.4 Å². The van der Waals surface area contributed by atoms with E-state index in [-0.39, 0.29) is 0 Å². The molecule has 0 saturated heterocycles. The monoisotopic (exact) mass is 300 g/mol. The van der Waals surface area contributed by atoms with Gasteiger partial charge in [-0.25, -0.2) is 0 Å². The Balaban J connectivity index is 0.000000410. The van der Waals surface area contributed by atoms with Gasteiger partial charge in [-0.2, -0.15) is 0 Å². The van der Waals surface area contributed by atoms with Gasteiger partial charge in [0, 0.05) is 0 Å². The minimum atomic E-state index is 0.702. The first kappa shape index (κ1) is 17.6. The van der Waals surface area contributed by atoms with Crippen LogP contribution in [0.15, 0.2) is 24.3 Å². The zero-order valence-corrected chi connectivity index (χ0v) is 15.5. The summed E-state index contributed by atoms with van der Waals surface area (Å²) < 4.78 is 0. The molecule has 0 spiro atoms. The molecule has 4 rings (SSSR count). The molecule has 4 atom stereocenters. The molecule has 0 radical (unpaired) electrons. The average molecular weight is 301 g/mol. The number of rotatable bonds is 0. The molecule has 0 aliphatic heterocycles. The molecule has 0 heteroatoms. The maximum Gasteiger partial charge on any atom is -0.0128 e. The number of benzene rings is 1. The van der Waals surface area contributed by atoms with Crippen LogP contribution >= 0.6 is 0 Å². The predicted octanol–water partition coefficient (Wildman–Crippen LogP) is 6.99. The van der Waals surface area contributed by atoms with E-state index in [1.807, 2.05) is 27.7 Å². The van der Waals surface area contributed by atoms with Crippen molar-refractivity contribution < 1.29 is 0 Å². The summed E-state index contributed by atoms with van der Waals surface area (Å²) in [4.78, 5) is 0. The van der Waals surface area contributed by atoms with E-state index in [1.54, 1.807) is 11.1 Å². The van der Waals surface area contributed by atoms with E-state index in [2.05, 4.69) is 31.2 Å². The SMILES string of the molecule is CC.CC.C[C@@]12CCCC1C1CCc3ccccc3C1CC2. The summed E-state index contributed by atoms with van der Waals surface area (Å²) in [6.45, 7) is 10.6. The molecule has 0 amide bonds. The standard InChI is InChI=1S/C18H24.2C2H6/c1-18-11-4-7-17(18)16-9-8-13-5-2-3-6-14(13)15(16)10-12-18;2*1-2/h2-3,5-6,15-17H,4,7-12H2,1H3;2*1-2H3/t15?,16?,17?,18-;;/m0../s1. The van der Waals surface area contributed by atoms with Gasteiger partial charge in [-0.1, -0.05) is 65.3 Å². The van der Waals surface area contributed by atoms with Crippen molar-refractivity contribution in [2.45, 2.75) is 85.5 Å². The maximum atomic E-state index is 2.58. The second kappa shape index (κ2) is 7.66. The van der Waals surface area contributed by atoms with Crippen molar-refractivity contribution in [2.75, 3.05) is 0 Å². The fourth-order valence-corrected chi connectivity index (χ4v) is 5.51. The summed E-state index contributed by atoms with van der Waals surface area (Å²) in [7, 11) is 0. The van der Waals surface area contributed by atoms with Crippen LogP contribution in [-0.4, -0.2) is 0 Å². The van der Waals surface area contributed by atoms with Crippen LogP contribution in [0.4, 0.5) is 0 Å². The van der Waals surface area contributed by atoms with Crippen molar-refractivity contribution in [1.29, 1.82) is 0 Å². The minimum Gasteiger partial charge on any atom is -0.0683 e. The van der Waals surface area contributed by atoms with Crippen LogP contribution < -0.4 is 0 Å². The van der Waals surface area contributed by atoms with E-state index in [0.717, 1.165) is 17.8 Å². The van der Waals surface area contributed by atoms with Gasteiger partial charge in [-0.05, 0) is 72.8 Å². The highest BCUT2D eigenvalue weighted by Gasteiger charge is 2.49. The van der Waals surface area contributed by atoms with Gasteiger partial charge in [-0.15, -0.1) is 0 Å². The van der Waals surface area contributed by atoms with Gasteiger partial charge in [-0.3, -0.25) is 0 Å². The van der Waals surface area contributed by atoms with Gasteiger partial charge in [0.1, 0.15) is 0 Å². The zero-order valence-electron chi connectivity index (χ0n) is 15.5. The van der Waals surface area contributed by atoms with E-state index in [4.69, 9.17) is 0 Å². The fourth-order valence-electron chi connectivity index (χ4n) is 5.51. The Morgan fingerprint density at radius 3 is 2.41 bits per heavy atom. The lowest BCUT2D eigenvalue weighted by atomic mass is 9.56. The van der Waals surface area contributed by atoms with Crippen molar-refractivity contribution in [1.82, 2.24) is 0 Å². The Bertz CT molecular complexity index is 461. The summed E-state index contributed by atoms with van der Waals surface area (Å²) in [5.74, 6) is 2.93. The normalized spacial score (nSPS) is 34.9. The maximum absolute atomic E-state index is 2.58. The molecule has 0 bridgehead atoms. The van der Waals surface area contributed by atoms with E-state index >= 15 is 0 Å². The third-order valence-corrected chi connectivity index (χ3v) is 6.42. The molecule has 1 aromatic rings. The van der Waals surface area contributed by atoms with E-state index in [1.165, 1.54) is 44.9 Å². The number of hydrogen-bond acceptors (Lipinski definition) is 0. The smallest absolute Gasteiger partial charge is 0.0128 e. The Hall–Kier alpha value is -0.780. The molecular formula is C22H36. The van der Waals surface area contributed by atoms with Gasteiger partial charge in [0.2, 0.25) is 0 Å². The first-order chi connectivity index (χ1) is 10.8. The average Bonchev–Trinajstić information content (AvgIpc) is 3.00. The quantitative estimate of drug-likeness (QED) is 0.484. The molecular weight excluding hydrogens is 264 g/mol. The van der Waals surface area contributed by atoms with Crippen molar-refractivity contribution in [3.8, 4) is 0 Å².